The number of fused-ring (bicyclic) bond motifs is 1. The van der Waals surface area contributed by atoms with Crippen molar-refractivity contribution in [1.29, 1.82) is 0 Å². The van der Waals surface area contributed by atoms with E-state index in [-0.39, 0.29) is 5.75 Å². The average molecular weight is 273 g/mol. The number of rotatable bonds is 3. The number of para-hydroxylation sites is 1. The van der Waals surface area contributed by atoms with Crippen LogP contribution in [0.1, 0.15) is 5.56 Å². The Hall–Kier alpha value is -2.13. The highest BCUT2D eigenvalue weighted by Gasteiger charge is 2.03. The zero-order valence-electron chi connectivity index (χ0n) is 10.2. The first kappa shape index (κ1) is 11.9. The minimum atomic E-state index is 0.0966. The zero-order valence-corrected chi connectivity index (χ0v) is 10.9. The van der Waals surface area contributed by atoms with Crippen molar-refractivity contribution in [2.75, 3.05) is 5.32 Å². The van der Waals surface area contributed by atoms with Crippen LogP contribution >= 0.6 is 11.6 Å². The Balaban J connectivity index is 1.80. The molecule has 0 spiro atoms. The summed E-state index contributed by atoms with van der Waals surface area (Å²) >= 11 is 5.87. The second kappa shape index (κ2) is 4.86. The molecule has 0 unspecified atom stereocenters. The van der Waals surface area contributed by atoms with Gasteiger partial charge in [-0.2, -0.15) is 0 Å². The van der Waals surface area contributed by atoms with E-state index >= 15 is 0 Å². The maximum atomic E-state index is 9.37. The topological polar surface area (TPSA) is 48.0 Å². The van der Waals surface area contributed by atoms with E-state index in [9.17, 15) is 5.11 Å². The number of aromatic nitrogens is 1. The van der Waals surface area contributed by atoms with Crippen LogP contribution in [0, 0.1) is 0 Å². The fourth-order valence-corrected chi connectivity index (χ4v) is 2.27. The third-order valence-corrected chi connectivity index (χ3v) is 3.41. The van der Waals surface area contributed by atoms with Crippen molar-refractivity contribution in [3.63, 3.8) is 0 Å². The first-order valence-corrected chi connectivity index (χ1v) is 6.39. The third kappa shape index (κ3) is 2.37. The molecule has 0 aliphatic heterocycles. The molecule has 3 nitrogen and oxygen atoms in total. The second-order valence-corrected chi connectivity index (χ2v) is 4.79. The molecule has 0 aliphatic carbocycles. The van der Waals surface area contributed by atoms with Crippen LogP contribution < -0.4 is 5.32 Å². The molecule has 3 aromatic rings. The first-order valence-electron chi connectivity index (χ1n) is 6.01. The molecule has 0 aliphatic rings. The lowest BCUT2D eigenvalue weighted by Crippen LogP contribution is -1.98. The first-order chi connectivity index (χ1) is 9.24. The molecule has 3 N–H and O–H groups in total. The molecule has 0 fully saturated rings. The summed E-state index contributed by atoms with van der Waals surface area (Å²) in [5.41, 5.74) is 3.20. The summed E-state index contributed by atoms with van der Waals surface area (Å²) in [4.78, 5) is 3.24. The van der Waals surface area contributed by atoms with Gasteiger partial charge in [0, 0.05) is 29.3 Å². The Morgan fingerprint density at radius 1 is 1.16 bits per heavy atom. The van der Waals surface area contributed by atoms with Gasteiger partial charge in [0.2, 0.25) is 0 Å². The molecule has 0 saturated heterocycles. The highest BCUT2D eigenvalue weighted by Crippen LogP contribution is 2.26. The summed E-state index contributed by atoms with van der Waals surface area (Å²) < 4.78 is 0. The lowest BCUT2D eigenvalue weighted by atomic mass is 10.2. The van der Waals surface area contributed by atoms with Crippen LogP contribution in [-0.2, 0) is 6.54 Å². The van der Waals surface area contributed by atoms with Gasteiger partial charge < -0.3 is 15.4 Å². The third-order valence-electron chi connectivity index (χ3n) is 3.11. The van der Waals surface area contributed by atoms with Gasteiger partial charge >= 0.3 is 0 Å². The fraction of sp³-hybridized carbons (Fsp3) is 0.0667. The van der Waals surface area contributed by atoms with Crippen molar-refractivity contribution in [3.8, 4) is 5.75 Å². The highest BCUT2D eigenvalue weighted by molar-refractivity contribution is 6.32. The molecule has 96 valence electrons. The summed E-state index contributed by atoms with van der Waals surface area (Å²) in [6, 6.07) is 13.3. The number of hydrogen-bond donors (Lipinski definition) is 3. The normalized spacial score (nSPS) is 10.8. The van der Waals surface area contributed by atoms with Crippen molar-refractivity contribution < 1.29 is 5.11 Å². The van der Waals surface area contributed by atoms with E-state index in [1.807, 2.05) is 18.3 Å². The molecule has 0 bridgehead atoms. The summed E-state index contributed by atoms with van der Waals surface area (Å²) in [5, 5.41) is 14.2. The number of H-pyrrole nitrogens is 1. The molecule has 0 radical (unpaired) electrons. The van der Waals surface area contributed by atoms with Crippen molar-refractivity contribution in [2.45, 2.75) is 6.54 Å². The SMILES string of the molecule is Oc1ccc(NCc2c[nH]c3ccccc23)cc1Cl. The molecule has 4 heteroatoms. The van der Waals surface area contributed by atoms with Crippen LogP contribution in [0.4, 0.5) is 5.69 Å². The van der Waals surface area contributed by atoms with Crippen LogP contribution in [0.2, 0.25) is 5.02 Å². The number of aromatic amines is 1. The van der Waals surface area contributed by atoms with E-state index in [1.54, 1.807) is 18.2 Å². The Labute approximate surface area is 115 Å². The monoisotopic (exact) mass is 272 g/mol. The molecule has 19 heavy (non-hydrogen) atoms. The number of anilines is 1. The molecule has 1 aromatic heterocycles. The lowest BCUT2D eigenvalue weighted by molar-refractivity contribution is 0.475. The minimum Gasteiger partial charge on any atom is -0.506 e. The van der Waals surface area contributed by atoms with Crippen LogP contribution in [0.3, 0.4) is 0 Å². The van der Waals surface area contributed by atoms with Gasteiger partial charge in [-0.3, -0.25) is 0 Å². The summed E-state index contributed by atoms with van der Waals surface area (Å²) in [6.07, 6.45) is 2.00. The van der Waals surface area contributed by atoms with Gasteiger partial charge in [-0.15, -0.1) is 0 Å². The Morgan fingerprint density at radius 3 is 2.84 bits per heavy atom. The molecular formula is C15H13ClN2O. The van der Waals surface area contributed by atoms with Gasteiger partial charge in [0.25, 0.3) is 0 Å². The standard InChI is InChI=1S/C15H13ClN2O/c16-13-7-11(5-6-15(13)19)17-8-10-9-18-14-4-2-1-3-12(10)14/h1-7,9,17-19H,8H2. The molecule has 2 aromatic carbocycles. The minimum absolute atomic E-state index is 0.0966. The number of phenolic OH excluding ortho intramolecular Hbond substituents is 1. The number of hydrogen-bond acceptors (Lipinski definition) is 2. The van der Waals surface area contributed by atoms with Gasteiger partial charge in [0.05, 0.1) is 5.02 Å². The number of benzene rings is 2. The zero-order chi connectivity index (χ0) is 13.2. The fourth-order valence-electron chi connectivity index (χ4n) is 2.09. The van der Waals surface area contributed by atoms with Gasteiger partial charge in [-0.05, 0) is 29.8 Å². The van der Waals surface area contributed by atoms with Gasteiger partial charge in [0.15, 0.2) is 0 Å². The summed E-state index contributed by atoms with van der Waals surface area (Å²) in [5.74, 6) is 0.0966. The molecule has 1 heterocycles. The van der Waals surface area contributed by atoms with Crippen molar-refractivity contribution in [3.05, 3.63) is 59.2 Å². The van der Waals surface area contributed by atoms with Gasteiger partial charge in [-0.25, -0.2) is 0 Å². The number of nitrogens with one attached hydrogen (secondary N) is 2. The van der Waals surface area contributed by atoms with Crippen LogP contribution in [0.25, 0.3) is 10.9 Å². The van der Waals surface area contributed by atoms with E-state index in [2.05, 4.69) is 22.4 Å². The van der Waals surface area contributed by atoms with Crippen molar-refractivity contribution >= 4 is 28.2 Å². The quantitative estimate of drug-likeness (QED) is 0.628. The van der Waals surface area contributed by atoms with E-state index < -0.39 is 0 Å². The molecule has 3 rings (SSSR count). The van der Waals surface area contributed by atoms with Gasteiger partial charge in [0.1, 0.15) is 5.75 Å². The van der Waals surface area contributed by atoms with Crippen molar-refractivity contribution in [1.82, 2.24) is 4.98 Å². The number of phenols is 1. The maximum Gasteiger partial charge on any atom is 0.134 e. The van der Waals surface area contributed by atoms with E-state index in [0.29, 0.717) is 11.6 Å². The number of halogens is 1. The number of aromatic hydroxyl groups is 1. The predicted molar refractivity (Wildman–Crippen MR) is 78.7 cm³/mol. The van der Waals surface area contributed by atoms with E-state index in [0.717, 1.165) is 11.2 Å². The maximum absolute atomic E-state index is 9.37. The molecule has 0 atom stereocenters. The molecular weight excluding hydrogens is 260 g/mol. The van der Waals surface area contributed by atoms with E-state index in [1.165, 1.54) is 10.9 Å². The van der Waals surface area contributed by atoms with Crippen molar-refractivity contribution in [2.24, 2.45) is 0 Å². The van der Waals surface area contributed by atoms with Gasteiger partial charge in [-0.1, -0.05) is 29.8 Å². The lowest BCUT2D eigenvalue weighted by Gasteiger charge is -2.06. The predicted octanol–water partition coefficient (Wildman–Crippen LogP) is 4.14. The van der Waals surface area contributed by atoms with Crippen LogP contribution in [0.5, 0.6) is 5.75 Å². The Bertz CT molecular complexity index is 721. The molecule has 0 amide bonds. The van der Waals surface area contributed by atoms with E-state index in [4.69, 9.17) is 11.6 Å². The smallest absolute Gasteiger partial charge is 0.134 e. The Morgan fingerprint density at radius 2 is 2.00 bits per heavy atom. The second-order valence-electron chi connectivity index (χ2n) is 4.38. The van der Waals surface area contributed by atoms with Crippen LogP contribution in [-0.4, -0.2) is 10.1 Å². The summed E-state index contributed by atoms with van der Waals surface area (Å²) in [6.45, 7) is 0.700. The largest absolute Gasteiger partial charge is 0.506 e. The van der Waals surface area contributed by atoms with Crippen LogP contribution in [0.15, 0.2) is 48.7 Å². The summed E-state index contributed by atoms with van der Waals surface area (Å²) in [7, 11) is 0. The Kier molecular flexibility index (Phi) is 3.05. The average Bonchev–Trinajstić information content (AvgIpc) is 2.83. The molecule has 0 saturated carbocycles. The highest BCUT2D eigenvalue weighted by atomic mass is 35.5.